The van der Waals surface area contributed by atoms with Gasteiger partial charge in [0.1, 0.15) is 0 Å². The van der Waals surface area contributed by atoms with E-state index in [4.69, 9.17) is 16.3 Å². The minimum absolute atomic E-state index is 0.177. The quantitative estimate of drug-likeness (QED) is 0.831. The maximum atomic E-state index is 6.04. The van der Waals surface area contributed by atoms with Gasteiger partial charge in [-0.05, 0) is 43.6 Å². The zero-order chi connectivity index (χ0) is 12.1. The van der Waals surface area contributed by atoms with Crippen LogP contribution in [0.3, 0.4) is 0 Å². The Morgan fingerprint density at radius 1 is 1.29 bits per heavy atom. The fourth-order valence-corrected chi connectivity index (χ4v) is 2.45. The molecule has 17 heavy (non-hydrogen) atoms. The maximum Gasteiger partial charge on any atom is 0.0959 e. The van der Waals surface area contributed by atoms with Crippen molar-refractivity contribution in [2.75, 3.05) is 19.7 Å². The van der Waals surface area contributed by atoms with Crippen molar-refractivity contribution in [1.82, 2.24) is 5.32 Å². The summed E-state index contributed by atoms with van der Waals surface area (Å²) in [5.74, 6) is 0. The molecule has 0 atom stereocenters. The number of hydrogen-bond acceptors (Lipinski definition) is 2. The second-order valence-corrected chi connectivity index (χ2v) is 4.79. The molecule has 3 heteroatoms. The molecule has 0 saturated carbocycles. The van der Waals surface area contributed by atoms with Gasteiger partial charge in [-0.2, -0.15) is 0 Å². The molecule has 1 saturated heterocycles. The summed E-state index contributed by atoms with van der Waals surface area (Å²) in [6, 6.07) is 7.99. The minimum atomic E-state index is -0.177. The summed E-state index contributed by atoms with van der Waals surface area (Å²) in [6.07, 6.45) is 3.78. The summed E-state index contributed by atoms with van der Waals surface area (Å²) in [4.78, 5) is 0. The molecule has 1 aliphatic heterocycles. The predicted octanol–water partition coefficient (Wildman–Crippen LogP) is 3.12. The largest absolute Gasteiger partial charge is 0.366 e. The first-order chi connectivity index (χ1) is 8.27. The molecule has 0 bridgehead atoms. The van der Waals surface area contributed by atoms with Gasteiger partial charge in [0.2, 0.25) is 0 Å². The van der Waals surface area contributed by atoms with Gasteiger partial charge in [-0.25, -0.2) is 0 Å². The molecular weight excluding hydrogens is 234 g/mol. The molecule has 0 spiro atoms. The molecule has 1 aromatic carbocycles. The van der Waals surface area contributed by atoms with Crippen molar-refractivity contribution in [2.24, 2.45) is 0 Å². The molecule has 1 aromatic rings. The highest BCUT2D eigenvalue weighted by molar-refractivity contribution is 6.30. The lowest BCUT2D eigenvalue weighted by Gasteiger charge is -2.38. The van der Waals surface area contributed by atoms with Gasteiger partial charge in [0, 0.05) is 5.02 Å². The number of hydrogen-bond donors (Lipinski definition) is 1. The van der Waals surface area contributed by atoms with E-state index in [2.05, 4.69) is 24.0 Å². The summed E-state index contributed by atoms with van der Waals surface area (Å²) in [5, 5.41) is 4.13. The molecule has 0 radical (unpaired) electrons. The third kappa shape index (κ3) is 2.89. The zero-order valence-corrected chi connectivity index (χ0v) is 10.7. The molecule has 0 amide bonds. The van der Waals surface area contributed by atoms with E-state index in [9.17, 15) is 0 Å². The molecular formula is C14H18ClNO. The standard InChI is InChI=1S/C14H18ClNO/c1-2-11-17-14(7-9-16-10-8-14)12-3-5-13(15)6-4-12/h2-6,16H,1,7-11H2. The topological polar surface area (TPSA) is 21.3 Å². The smallest absolute Gasteiger partial charge is 0.0959 e. The molecule has 2 rings (SSSR count). The van der Waals surface area contributed by atoms with Crippen LogP contribution in [0.5, 0.6) is 0 Å². The molecule has 1 aliphatic rings. The SMILES string of the molecule is C=CCOC1(c2ccc(Cl)cc2)CCNCC1. The highest BCUT2D eigenvalue weighted by Crippen LogP contribution is 2.35. The normalized spacial score (nSPS) is 18.9. The summed E-state index contributed by atoms with van der Waals surface area (Å²) in [6.45, 7) is 6.28. The fraction of sp³-hybridized carbons (Fsp3) is 0.429. The van der Waals surface area contributed by atoms with Gasteiger partial charge in [0.05, 0.1) is 12.2 Å². The molecule has 0 unspecified atom stereocenters. The molecule has 92 valence electrons. The minimum Gasteiger partial charge on any atom is -0.366 e. The van der Waals surface area contributed by atoms with Crippen molar-refractivity contribution in [3.63, 3.8) is 0 Å². The average molecular weight is 252 g/mol. The number of halogens is 1. The van der Waals surface area contributed by atoms with Crippen LogP contribution < -0.4 is 5.32 Å². The van der Waals surface area contributed by atoms with Gasteiger partial charge in [-0.15, -0.1) is 6.58 Å². The Balaban J connectivity index is 2.24. The number of piperidine rings is 1. The van der Waals surface area contributed by atoms with Crippen LogP contribution in [-0.4, -0.2) is 19.7 Å². The Hall–Kier alpha value is -0.830. The molecule has 1 fully saturated rings. The van der Waals surface area contributed by atoms with E-state index < -0.39 is 0 Å². The number of nitrogens with one attached hydrogen (secondary N) is 1. The van der Waals surface area contributed by atoms with E-state index in [0.29, 0.717) is 6.61 Å². The first-order valence-electron chi connectivity index (χ1n) is 5.98. The molecule has 1 heterocycles. The van der Waals surface area contributed by atoms with Crippen LogP contribution in [-0.2, 0) is 10.3 Å². The van der Waals surface area contributed by atoms with E-state index in [-0.39, 0.29) is 5.60 Å². The van der Waals surface area contributed by atoms with Crippen LogP contribution in [0.15, 0.2) is 36.9 Å². The molecule has 1 N–H and O–H groups in total. The van der Waals surface area contributed by atoms with E-state index in [1.54, 1.807) is 6.08 Å². The van der Waals surface area contributed by atoms with Crippen LogP contribution in [0, 0.1) is 0 Å². The Kier molecular flexibility index (Phi) is 4.21. The highest BCUT2D eigenvalue weighted by atomic mass is 35.5. The van der Waals surface area contributed by atoms with Gasteiger partial charge >= 0.3 is 0 Å². The summed E-state index contributed by atoms with van der Waals surface area (Å²) < 4.78 is 6.04. The summed E-state index contributed by atoms with van der Waals surface area (Å²) in [5.41, 5.74) is 1.04. The lowest BCUT2D eigenvalue weighted by Crippen LogP contribution is -2.41. The average Bonchev–Trinajstić information content (AvgIpc) is 2.38. The fourth-order valence-electron chi connectivity index (χ4n) is 2.32. The zero-order valence-electron chi connectivity index (χ0n) is 9.92. The first kappa shape index (κ1) is 12.6. The van der Waals surface area contributed by atoms with Crippen LogP contribution in [0.2, 0.25) is 5.02 Å². The maximum absolute atomic E-state index is 6.04. The summed E-state index contributed by atoms with van der Waals surface area (Å²) in [7, 11) is 0. The Morgan fingerprint density at radius 2 is 1.94 bits per heavy atom. The predicted molar refractivity (Wildman–Crippen MR) is 71.4 cm³/mol. The van der Waals surface area contributed by atoms with Crippen LogP contribution in [0.25, 0.3) is 0 Å². The molecule has 2 nitrogen and oxygen atoms in total. The van der Waals surface area contributed by atoms with Crippen LogP contribution in [0.4, 0.5) is 0 Å². The van der Waals surface area contributed by atoms with E-state index in [0.717, 1.165) is 31.0 Å². The van der Waals surface area contributed by atoms with Gasteiger partial charge in [0.25, 0.3) is 0 Å². The van der Waals surface area contributed by atoms with Crippen LogP contribution in [0.1, 0.15) is 18.4 Å². The third-order valence-electron chi connectivity index (χ3n) is 3.26. The highest BCUT2D eigenvalue weighted by Gasteiger charge is 2.34. The van der Waals surface area contributed by atoms with Crippen LogP contribution >= 0.6 is 11.6 Å². The second kappa shape index (κ2) is 5.67. The van der Waals surface area contributed by atoms with Crippen molar-refractivity contribution in [1.29, 1.82) is 0 Å². The van der Waals surface area contributed by atoms with Gasteiger partial charge in [-0.1, -0.05) is 29.8 Å². The van der Waals surface area contributed by atoms with Gasteiger partial charge in [-0.3, -0.25) is 0 Å². The van der Waals surface area contributed by atoms with Gasteiger partial charge < -0.3 is 10.1 Å². The van der Waals surface area contributed by atoms with Crippen molar-refractivity contribution in [3.05, 3.63) is 47.5 Å². The molecule has 0 aliphatic carbocycles. The Labute approximate surface area is 108 Å². The monoisotopic (exact) mass is 251 g/mol. The van der Waals surface area contributed by atoms with Crippen molar-refractivity contribution in [3.8, 4) is 0 Å². The van der Waals surface area contributed by atoms with Crippen molar-refractivity contribution in [2.45, 2.75) is 18.4 Å². The Bertz CT molecular complexity index is 368. The Morgan fingerprint density at radius 3 is 2.53 bits per heavy atom. The van der Waals surface area contributed by atoms with E-state index in [1.807, 2.05) is 12.1 Å². The number of benzene rings is 1. The van der Waals surface area contributed by atoms with Crippen molar-refractivity contribution >= 4 is 11.6 Å². The lowest BCUT2D eigenvalue weighted by molar-refractivity contribution is -0.0581. The number of ether oxygens (including phenoxy) is 1. The van der Waals surface area contributed by atoms with Gasteiger partial charge in [0.15, 0.2) is 0 Å². The first-order valence-corrected chi connectivity index (χ1v) is 6.36. The lowest BCUT2D eigenvalue weighted by atomic mass is 9.85. The van der Waals surface area contributed by atoms with E-state index in [1.165, 1.54) is 5.56 Å². The van der Waals surface area contributed by atoms with E-state index >= 15 is 0 Å². The van der Waals surface area contributed by atoms with Crippen molar-refractivity contribution < 1.29 is 4.74 Å². The summed E-state index contributed by atoms with van der Waals surface area (Å²) >= 11 is 5.93. The third-order valence-corrected chi connectivity index (χ3v) is 3.51. The number of rotatable bonds is 4. The molecule has 0 aromatic heterocycles. The second-order valence-electron chi connectivity index (χ2n) is 4.35.